The average Bonchev–Trinajstić information content (AvgIpc) is 3.54. The van der Waals surface area contributed by atoms with Crippen LogP contribution in [0.25, 0.3) is 0 Å². The summed E-state index contributed by atoms with van der Waals surface area (Å²) >= 11 is 2.00. The Balaban J connectivity index is 1.32. The summed E-state index contributed by atoms with van der Waals surface area (Å²) in [5.41, 5.74) is 4.64. The number of carboxylic acids is 1. The summed E-state index contributed by atoms with van der Waals surface area (Å²) in [5.74, 6) is -8.12. The number of aromatic carboxylic acids is 1. The number of nitrogens with zero attached hydrogens (tertiary/aromatic N) is 2. The number of halogens is 1. The third-order valence-electron chi connectivity index (χ3n) is 11.5. The number of carbonyl (C=O) groups excluding carboxylic acids is 4. The molecule has 0 radical (unpaired) electrons. The zero-order chi connectivity index (χ0) is 38.2. The van der Waals surface area contributed by atoms with Gasteiger partial charge in [-0.25, -0.2) is 9.69 Å². The van der Waals surface area contributed by atoms with Crippen molar-refractivity contribution in [2.75, 3.05) is 17.4 Å². The Morgan fingerprint density at radius 2 is 1.63 bits per heavy atom. The molecule has 0 aromatic heterocycles. The molecular weight excluding hydrogens is 805 g/mol. The summed E-state index contributed by atoms with van der Waals surface area (Å²) in [6, 6.07) is 23.4. The molecule has 6 atom stereocenters. The smallest absolute Gasteiger partial charge is 0.339 e. The molecular formula is C41H34IN3O9. The Labute approximate surface area is 323 Å². The fraction of sp³-hybridized carbons (Fsp3) is 0.244. The van der Waals surface area contributed by atoms with Crippen molar-refractivity contribution in [2.24, 2.45) is 23.7 Å². The minimum atomic E-state index is -1.51. The molecule has 0 bridgehead atoms. The number of benzene rings is 4. The molecule has 0 spiro atoms. The van der Waals surface area contributed by atoms with Gasteiger partial charge in [-0.05, 0) is 95.8 Å². The summed E-state index contributed by atoms with van der Waals surface area (Å²) in [5, 5.41) is 31.9. The van der Waals surface area contributed by atoms with Crippen LogP contribution >= 0.6 is 22.6 Å². The van der Waals surface area contributed by atoms with Gasteiger partial charge >= 0.3 is 5.97 Å². The van der Waals surface area contributed by atoms with Crippen molar-refractivity contribution in [3.8, 4) is 17.2 Å². The number of phenolic OH excluding ortho intramolecular Hbond substituents is 1. The monoisotopic (exact) mass is 839 g/mol. The van der Waals surface area contributed by atoms with E-state index in [9.17, 15) is 34.5 Å². The number of allylic oxidation sites excluding steroid dienone is 2. The van der Waals surface area contributed by atoms with Crippen molar-refractivity contribution >= 4 is 63.6 Å². The Kier molecular flexibility index (Phi) is 8.51. The van der Waals surface area contributed by atoms with E-state index in [4.69, 9.17) is 4.74 Å². The second kappa shape index (κ2) is 13.0. The number of rotatable bonds is 7. The molecule has 6 unspecified atom stereocenters. The molecule has 2 heterocycles. The van der Waals surface area contributed by atoms with Gasteiger partial charge in [0.2, 0.25) is 11.8 Å². The topological polar surface area (TPSA) is 174 Å². The molecule has 1 saturated carbocycles. The predicted molar refractivity (Wildman–Crippen MR) is 204 cm³/mol. The van der Waals surface area contributed by atoms with Gasteiger partial charge in [-0.2, -0.15) is 5.01 Å². The number of aryl methyl sites for hydroxylation is 1. The molecule has 2 saturated heterocycles. The van der Waals surface area contributed by atoms with Crippen LogP contribution in [0.4, 0.5) is 11.4 Å². The Hall–Kier alpha value is -5.70. The van der Waals surface area contributed by atoms with Crippen LogP contribution < -0.4 is 15.1 Å². The van der Waals surface area contributed by atoms with Crippen LogP contribution in [0.1, 0.15) is 45.8 Å². The van der Waals surface area contributed by atoms with E-state index in [1.54, 1.807) is 24.3 Å². The first-order valence-corrected chi connectivity index (χ1v) is 18.4. The number of carboxylic acid groups (broad SMARTS) is 1. The number of imide groups is 2. The minimum absolute atomic E-state index is 0.0351. The molecule has 4 N–H and O–H groups in total. The van der Waals surface area contributed by atoms with Gasteiger partial charge in [0, 0.05) is 12.0 Å². The summed E-state index contributed by atoms with van der Waals surface area (Å²) in [4.78, 5) is 71.4. The van der Waals surface area contributed by atoms with Gasteiger partial charge in [0.05, 0.1) is 45.2 Å². The Morgan fingerprint density at radius 3 is 2.30 bits per heavy atom. The van der Waals surface area contributed by atoms with E-state index in [0.717, 1.165) is 27.6 Å². The number of anilines is 2. The highest BCUT2D eigenvalue weighted by molar-refractivity contribution is 14.1. The van der Waals surface area contributed by atoms with Gasteiger partial charge in [-0.15, -0.1) is 0 Å². The van der Waals surface area contributed by atoms with E-state index in [0.29, 0.717) is 26.0 Å². The summed E-state index contributed by atoms with van der Waals surface area (Å²) in [6.07, 6.45) is 2.14. The molecule has 2 aliphatic heterocycles. The second-order valence-electron chi connectivity index (χ2n) is 14.2. The number of methoxy groups -OCH3 is 1. The maximum absolute atomic E-state index is 15.3. The number of phenols is 2. The standard InChI is InChI=1S/C41H34IN3O9/c1-20-8-10-23(11-9-20)43-45-37(49)29-19-28-25(14-15-27-33(28)38(50)44(36(27)48)24-12-13-26(39(51)52)31(46)18-24)34(21-16-30(42)35(47)32(17-21)54-2)41(29,40(45)53)22-6-4-3-5-7-22/h3-14,16-18,27-29,33-34,43,46-47H,15,19H2,1-2H3,(H,51,52). The third-order valence-corrected chi connectivity index (χ3v) is 12.3. The number of hydrogen-bond acceptors (Lipinski definition) is 9. The van der Waals surface area contributed by atoms with Crippen LogP contribution in [0, 0.1) is 34.2 Å². The highest BCUT2D eigenvalue weighted by atomic mass is 127. The molecule has 3 fully saturated rings. The van der Waals surface area contributed by atoms with E-state index < -0.39 is 70.4 Å². The lowest BCUT2D eigenvalue weighted by Gasteiger charge is -2.50. The van der Waals surface area contributed by atoms with Gasteiger partial charge in [-0.3, -0.25) is 24.6 Å². The molecule has 4 aliphatic rings. The lowest BCUT2D eigenvalue weighted by Crippen LogP contribution is -2.53. The Bertz CT molecular complexity index is 2310. The van der Waals surface area contributed by atoms with Crippen LogP contribution in [0.5, 0.6) is 17.2 Å². The van der Waals surface area contributed by atoms with E-state index in [1.165, 1.54) is 13.2 Å². The highest BCUT2D eigenvalue weighted by Crippen LogP contribution is 2.64. The zero-order valence-electron chi connectivity index (χ0n) is 29.0. The van der Waals surface area contributed by atoms with Crippen molar-refractivity contribution in [1.82, 2.24) is 5.01 Å². The van der Waals surface area contributed by atoms with Crippen molar-refractivity contribution < 1.29 is 44.0 Å². The number of aromatic hydroxyl groups is 2. The van der Waals surface area contributed by atoms with E-state index in [2.05, 4.69) is 5.43 Å². The van der Waals surface area contributed by atoms with Crippen molar-refractivity contribution in [1.29, 1.82) is 0 Å². The van der Waals surface area contributed by atoms with E-state index in [1.807, 2.05) is 78.1 Å². The van der Waals surface area contributed by atoms with Crippen molar-refractivity contribution in [2.45, 2.75) is 31.1 Å². The molecule has 54 heavy (non-hydrogen) atoms. The van der Waals surface area contributed by atoms with Gasteiger partial charge in [0.25, 0.3) is 11.8 Å². The first-order valence-electron chi connectivity index (χ1n) is 17.4. The van der Waals surface area contributed by atoms with Gasteiger partial charge < -0.3 is 20.1 Å². The van der Waals surface area contributed by atoms with Crippen LogP contribution in [0.15, 0.2) is 96.6 Å². The molecule has 4 amide bonds. The maximum atomic E-state index is 15.3. The summed E-state index contributed by atoms with van der Waals surface area (Å²) in [6.45, 7) is 1.93. The van der Waals surface area contributed by atoms with Crippen molar-refractivity contribution in [3.63, 3.8) is 0 Å². The number of hydrazine groups is 1. The van der Waals surface area contributed by atoms with Crippen LogP contribution in [-0.4, -0.2) is 57.0 Å². The Morgan fingerprint density at radius 1 is 0.907 bits per heavy atom. The maximum Gasteiger partial charge on any atom is 0.339 e. The molecule has 4 aromatic rings. The predicted octanol–water partition coefficient (Wildman–Crippen LogP) is 5.91. The lowest BCUT2D eigenvalue weighted by atomic mass is 9.49. The SMILES string of the molecule is COc1cc(C2C3=CCC4C(=O)N(c5ccc(C(=O)O)c(O)c5)C(=O)C4C3CC3C(=O)N(Nc4ccc(C)cc4)C(=O)C32c2ccccc2)cc(I)c1O. The zero-order valence-corrected chi connectivity index (χ0v) is 31.2. The number of amides is 4. The third kappa shape index (κ3) is 5.11. The number of ether oxygens (including phenoxy) is 1. The van der Waals surface area contributed by atoms with Gasteiger partial charge in [-0.1, -0.05) is 59.7 Å². The van der Waals surface area contributed by atoms with E-state index >= 15 is 4.79 Å². The number of nitrogens with one attached hydrogen (secondary N) is 1. The van der Waals surface area contributed by atoms with Crippen LogP contribution in [0.2, 0.25) is 0 Å². The minimum Gasteiger partial charge on any atom is -0.507 e. The summed E-state index contributed by atoms with van der Waals surface area (Å²) < 4.78 is 6.04. The number of hydrogen-bond donors (Lipinski definition) is 4. The largest absolute Gasteiger partial charge is 0.507 e. The van der Waals surface area contributed by atoms with Gasteiger partial charge in [0.15, 0.2) is 11.5 Å². The quantitative estimate of drug-likeness (QED) is 0.0997. The fourth-order valence-corrected chi connectivity index (χ4v) is 9.76. The lowest BCUT2D eigenvalue weighted by molar-refractivity contribution is -0.138. The first-order chi connectivity index (χ1) is 25.9. The molecule has 274 valence electrons. The van der Waals surface area contributed by atoms with Gasteiger partial charge in [0.1, 0.15) is 11.3 Å². The van der Waals surface area contributed by atoms with E-state index in [-0.39, 0.29) is 35.6 Å². The second-order valence-corrected chi connectivity index (χ2v) is 15.3. The number of carbonyl (C=O) groups is 5. The fourth-order valence-electron chi connectivity index (χ4n) is 9.13. The molecule has 8 rings (SSSR count). The summed E-state index contributed by atoms with van der Waals surface area (Å²) in [7, 11) is 1.43. The van der Waals surface area contributed by atoms with Crippen LogP contribution in [0.3, 0.4) is 0 Å². The average molecular weight is 840 g/mol. The van der Waals surface area contributed by atoms with Crippen molar-refractivity contribution in [3.05, 3.63) is 122 Å². The normalized spacial score (nSPS) is 25.9. The molecule has 2 aliphatic carbocycles. The number of fused-ring (bicyclic) bond motifs is 4. The molecule has 13 heteroatoms. The first kappa shape index (κ1) is 35.3. The highest BCUT2D eigenvalue weighted by Gasteiger charge is 2.70. The molecule has 12 nitrogen and oxygen atoms in total. The molecule has 4 aromatic carbocycles. The van der Waals surface area contributed by atoms with Crippen LogP contribution in [-0.2, 0) is 24.6 Å².